The predicted octanol–water partition coefficient (Wildman–Crippen LogP) is 3.88. The molecule has 0 spiro atoms. The monoisotopic (exact) mass is 303 g/mol. The van der Waals surface area contributed by atoms with E-state index < -0.39 is 0 Å². The molecule has 2 rings (SSSR count). The molecule has 112 valence electrons. The first kappa shape index (κ1) is 15.6. The molecule has 21 heavy (non-hydrogen) atoms. The summed E-state index contributed by atoms with van der Waals surface area (Å²) in [6.07, 6.45) is 0. The van der Waals surface area contributed by atoms with Crippen molar-refractivity contribution in [2.45, 2.75) is 33.2 Å². The summed E-state index contributed by atoms with van der Waals surface area (Å²) in [4.78, 5) is 12.9. The fraction of sp³-hybridized carbons (Fsp3) is 0.353. The summed E-state index contributed by atoms with van der Waals surface area (Å²) in [6.45, 7) is 7.01. The van der Waals surface area contributed by atoms with Gasteiger partial charge in [-0.05, 0) is 47.5 Å². The Kier molecular flexibility index (Phi) is 5.39. The van der Waals surface area contributed by atoms with Crippen LogP contribution in [0, 0.1) is 6.92 Å². The zero-order chi connectivity index (χ0) is 15.2. The van der Waals surface area contributed by atoms with Crippen LogP contribution in [0.15, 0.2) is 35.7 Å². The number of aryl methyl sites for hydroxylation is 1. The fourth-order valence-corrected chi connectivity index (χ4v) is 2.83. The van der Waals surface area contributed by atoms with Gasteiger partial charge in [-0.2, -0.15) is 0 Å². The van der Waals surface area contributed by atoms with Gasteiger partial charge in [0.2, 0.25) is 0 Å². The van der Waals surface area contributed by atoms with Gasteiger partial charge in [-0.1, -0.05) is 26.0 Å². The second-order valence-corrected chi connectivity index (χ2v) is 6.35. The van der Waals surface area contributed by atoms with E-state index in [0.29, 0.717) is 12.5 Å². The number of rotatable bonds is 6. The molecule has 1 N–H and O–H groups in total. The lowest BCUT2D eigenvalue weighted by Crippen LogP contribution is -2.28. The van der Waals surface area contributed by atoms with Crippen LogP contribution in [-0.4, -0.2) is 12.5 Å². The van der Waals surface area contributed by atoms with Gasteiger partial charge in [0.1, 0.15) is 5.75 Å². The summed E-state index contributed by atoms with van der Waals surface area (Å²) >= 11 is 1.63. The number of ether oxygens (including phenoxy) is 1. The standard InChI is InChI=1S/C17H21NO2S/c1-12(2)16-7-6-14(9-13(16)3)20-11-17(19)18-10-15-5-4-8-21-15/h4-9,12H,10-11H2,1-3H3,(H,18,19). The second-order valence-electron chi connectivity index (χ2n) is 5.32. The third-order valence-electron chi connectivity index (χ3n) is 3.27. The number of hydrogen-bond acceptors (Lipinski definition) is 3. The van der Waals surface area contributed by atoms with E-state index in [1.54, 1.807) is 11.3 Å². The molecule has 0 aliphatic rings. The zero-order valence-corrected chi connectivity index (χ0v) is 13.5. The van der Waals surface area contributed by atoms with Crippen LogP contribution in [0.25, 0.3) is 0 Å². The normalized spacial score (nSPS) is 10.7. The van der Waals surface area contributed by atoms with E-state index >= 15 is 0 Å². The van der Waals surface area contributed by atoms with E-state index in [4.69, 9.17) is 4.74 Å². The lowest BCUT2D eigenvalue weighted by molar-refractivity contribution is -0.123. The first-order valence-corrected chi connectivity index (χ1v) is 7.96. The van der Waals surface area contributed by atoms with Crippen LogP contribution in [0.2, 0.25) is 0 Å². The van der Waals surface area contributed by atoms with Gasteiger partial charge >= 0.3 is 0 Å². The van der Waals surface area contributed by atoms with Gasteiger partial charge in [0.05, 0.1) is 6.54 Å². The molecule has 0 aliphatic heterocycles. The molecule has 4 heteroatoms. The van der Waals surface area contributed by atoms with E-state index in [1.165, 1.54) is 11.1 Å². The van der Waals surface area contributed by atoms with Crippen molar-refractivity contribution >= 4 is 17.2 Å². The van der Waals surface area contributed by atoms with Crippen LogP contribution in [0.5, 0.6) is 5.75 Å². The van der Waals surface area contributed by atoms with Crippen molar-refractivity contribution in [3.63, 3.8) is 0 Å². The Balaban J connectivity index is 1.82. The molecule has 0 atom stereocenters. The van der Waals surface area contributed by atoms with Crippen molar-refractivity contribution in [3.05, 3.63) is 51.7 Å². The average Bonchev–Trinajstić information content (AvgIpc) is 2.95. The van der Waals surface area contributed by atoms with Gasteiger partial charge in [-0.25, -0.2) is 0 Å². The van der Waals surface area contributed by atoms with Gasteiger partial charge in [-0.15, -0.1) is 11.3 Å². The summed E-state index contributed by atoms with van der Waals surface area (Å²) in [5.74, 6) is 1.13. The maximum Gasteiger partial charge on any atom is 0.258 e. The summed E-state index contributed by atoms with van der Waals surface area (Å²) in [5.41, 5.74) is 2.51. The lowest BCUT2D eigenvalue weighted by atomic mass is 9.98. The van der Waals surface area contributed by atoms with Crippen LogP contribution in [-0.2, 0) is 11.3 Å². The van der Waals surface area contributed by atoms with Gasteiger partial charge in [0.15, 0.2) is 6.61 Å². The first-order valence-electron chi connectivity index (χ1n) is 7.08. The highest BCUT2D eigenvalue weighted by Crippen LogP contribution is 2.23. The molecule has 1 amide bonds. The minimum Gasteiger partial charge on any atom is -0.484 e. The minimum atomic E-state index is -0.103. The maximum atomic E-state index is 11.7. The highest BCUT2D eigenvalue weighted by atomic mass is 32.1. The molecule has 0 bridgehead atoms. The lowest BCUT2D eigenvalue weighted by Gasteiger charge is -2.12. The molecule has 1 heterocycles. The SMILES string of the molecule is Cc1cc(OCC(=O)NCc2cccs2)ccc1C(C)C. The van der Waals surface area contributed by atoms with E-state index in [9.17, 15) is 4.79 Å². The number of carbonyl (C=O) groups is 1. The second kappa shape index (κ2) is 7.27. The highest BCUT2D eigenvalue weighted by Gasteiger charge is 2.07. The molecule has 0 fully saturated rings. The molecule has 0 aliphatic carbocycles. The van der Waals surface area contributed by atoms with Crippen molar-refractivity contribution in [1.29, 1.82) is 0 Å². The third-order valence-corrected chi connectivity index (χ3v) is 4.15. The van der Waals surface area contributed by atoms with Crippen molar-refractivity contribution < 1.29 is 9.53 Å². The maximum absolute atomic E-state index is 11.7. The predicted molar refractivity (Wildman–Crippen MR) is 86.9 cm³/mol. The van der Waals surface area contributed by atoms with Crippen molar-refractivity contribution in [1.82, 2.24) is 5.32 Å². The Hall–Kier alpha value is -1.81. The topological polar surface area (TPSA) is 38.3 Å². The van der Waals surface area contributed by atoms with Crippen molar-refractivity contribution in [3.8, 4) is 5.75 Å². The summed E-state index contributed by atoms with van der Waals surface area (Å²) in [5, 5.41) is 4.84. The van der Waals surface area contributed by atoms with E-state index in [2.05, 4.69) is 32.2 Å². The van der Waals surface area contributed by atoms with Gasteiger partial charge in [0.25, 0.3) is 5.91 Å². The van der Waals surface area contributed by atoms with Gasteiger partial charge in [0, 0.05) is 4.88 Å². The van der Waals surface area contributed by atoms with Crippen LogP contribution >= 0.6 is 11.3 Å². The smallest absolute Gasteiger partial charge is 0.258 e. The summed E-state index contributed by atoms with van der Waals surface area (Å²) in [7, 11) is 0. The largest absolute Gasteiger partial charge is 0.484 e. The van der Waals surface area contributed by atoms with Crippen molar-refractivity contribution in [2.24, 2.45) is 0 Å². The molecule has 3 nitrogen and oxygen atoms in total. The van der Waals surface area contributed by atoms with Crippen molar-refractivity contribution in [2.75, 3.05) is 6.61 Å². The molecule has 0 saturated carbocycles. The van der Waals surface area contributed by atoms with Crippen LogP contribution < -0.4 is 10.1 Å². The van der Waals surface area contributed by atoms with Crippen LogP contribution in [0.4, 0.5) is 0 Å². The summed E-state index contributed by atoms with van der Waals surface area (Å²) in [6, 6.07) is 9.96. The Bertz CT molecular complexity index is 591. The average molecular weight is 303 g/mol. The molecule has 2 aromatic rings. The number of nitrogens with one attached hydrogen (secondary N) is 1. The molecular weight excluding hydrogens is 282 g/mol. The Morgan fingerprint density at radius 1 is 1.33 bits per heavy atom. The van der Waals surface area contributed by atoms with E-state index in [1.807, 2.05) is 29.6 Å². The van der Waals surface area contributed by atoms with Gasteiger partial charge in [-0.3, -0.25) is 4.79 Å². The third kappa shape index (κ3) is 4.60. The van der Waals surface area contributed by atoms with E-state index in [-0.39, 0.29) is 12.5 Å². The number of hydrogen-bond donors (Lipinski definition) is 1. The molecule has 1 aromatic carbocycles. The van der Waals surface area contributed by atoms with E-state index in [0.717, 1.165) is 10.6 Å². The molecule has 0 unspecified atom stereocenters. The fourth-order valence-electron chi connectivity index (χ4n) is 2.18. The number of amides is 1. The van der Waals surface area contributed by atoms with Crippen LogP contribution in [0.1, 0.15) is 35.8 Å². The Morgan fingerprint density at radius 3 is 2.76 bits per heavy atom. The highest BCUT2D eigenvalue weighted by molar-refractivity contribution is 7.09. The molecule has 0 radical (unpaired) electrons. The number of carbonyl (C=O) groups excluding carboxylic acids is 1. The zero-order valence-electron chi connectivity index (χ0n) is 12.7. The Morgan fingerprint density at radius 2 is 2.14 bits per heavy atom. The Labute approximate surface area is 130 Å². The molecule has 0 saturated heterocycles. The summed E-state index contributed by atoms with van der Waals surface area (Å²) < 4.78 is 5.54. The van der Waals surface area contributed by atoms with Gasteiger partial charge < -0.3 is 10.1 Å². The quantitative estimate of drug-likeness (QED) is 0.879. The first-order chi connectivity index (χ1) is 10.1. The van der Waals surface area contributed by atoms with Crippen LogP contribution in [0.3, 0.4) is 0 Å². The molecular formula is C17H21NO2S. The minimum absolute atomic E-state index is 0.0475. The molecule has 1 aromatic heterocycles. The number of thiophene rings is 1. The number of benzene rings is 1.